The number of fused-ring (bicyclic) bond motifs is 1. The lowest BCUT2D eigenvalue weighted by Gasteiger charge is -2.19. The first kappa shape index (κ1) is 17.7. The van der Waals surface area contributed by atoms with Crippen molar-refractivity contribution in [3.8, 4) is 0 Å². The maximum atomic E-state index is 12.2. The molecule has 0 saturated heterocycles. The van der Waals surface area contributed by atoms with Gasteiger partial charge >= 0.3 is 12.1 Å². The summed E-state index contributed by atoms with van der Waals surface area (Å²) in [7, 11) is 0. The van der Waals surface area contributed by atoms with Gasteiger partial charge in [-0.2, -0.15) is 9.78 Å². The summed E-state index contributed by atoms with van der Waals surface area (Å²) in [4.78, 5) is 24.4. The van der Waals surface area contributed by atoms with E-state index in [0.717, 1.165) is 5.56 Å². The molecular formula is C20H20N2O4. The number of hydrogen-bond acceptors (Lipinski definition) is 5. The molecule has 2 aromatic carbocycles. The number of rotatable bonds is 3. The molecule has 134 valence electrons. The molecule has 0 atom stereocenters. The third-order valence-electron chi connectivity index (χ3n) is 3.58. The van der Waals surface area contributed by atoms with E-state index in [4.69, 9.17) is 9.47 Å². The summed E-state index contributed by atoms with van der Waals surface area (Å²) in [6.07, 6.45) is 0.958. The van der Waals surface area contributed by atoms with Gasteiger partial charge in [-0.3, -0.25) is 0 Å². The fourth-order valence-corrected chi connectivity index (χ4v) is 2.42. The Morgan fingerprint density at radius 1 is 1.08 bits per heavy atom. The van der Waals surface area contributed by atoms with E-state index in [0.29, 0.717) is 16.5 Å². The molecule has 0 radical (unpaired) electrons. The highest BCUT2D eigenvalue weighted by atomic mass is 16.6. The van der Waals surface area contributed by atoms with Crippen molar-refractivity contribution in [2.45, 2.75) is 33.0 Å². The molecule has 0 N–H and O–H groups in total. The minimum Gasteiger partial charge on any atom is -0.457 e. The van der Waals surface area contributed by atoms with Crippen molar-refractivity contribution in [3.63, 3.8) is 0 Å². The molecule has 1 heterocycles. The first-order valence-electron chi connectivity index (χ1n) is 8.26. The Kier molecular flexibility index (Phi) is 4.75. The average Bonchev–Trinajstić information content (AvgIpc) is 3.02. The number of carbonyl (C=O) groups excluding carboxylic acids is 2. The van der Waals surface area contributed by atoms with Gasteiger partial charge in [0.05, 0.1) is 17.3 Å². The lowest BCUT2D eigenvalue weighted by Crippen LogP contribution is -2.27. The predicted molar refractivity (Wildman–Crippen MR) is 96.9 cm³/mol. The van der Waals surface area contributed by atoms with E-state index in [9.17, 15) is 9.59 Å². The van der Waals surface area contributed by atoms with Crippen LogP contribution >= 0.6 is 0 Å². The van der Waals surface area contributed by atoms with Crippen LogP contribution in [0.15, 0.2) is 54.7 Å². The van der Waals surface area contributed by atoms with Gasteiger partial charge < -0.3 is 9.47 Å². The summed E-state index contributed by atoms with van der Waals surface area (Å²) >= 11 is 0. The minimum absolute atomic E-state index is 0.203. The number of hydrogen-bond donors (Lipinski definition) is 0. The van der Waals surface area contributed by atoms with Gasteiger partial charge in [0.1, 0.15) is 12.2 Å². The van der Waals surface area contributed by atoms with Crippen molar-refractivity contribution < 1.29 is 19.1 Å². The molecule has 0 saturated carbocycles. The Balaban J connectivity index is 1.75. The zero-order chi connectivity index (χ0) is 18.7. The van der Waals surface area contributed by atoms with Crippen LogP contribution in [0.1, 0.15) is 36.7 Å². The van der Waals surface area contributed by atoms with Crippen LogP contribution in [0.2, 0.25) is 0 Å². The van der Waals surface area contributed by atoms with E-state index in [1.165, 1.54) is 10.9 Å². The molecule has 0 aliphatic carbocycles. The summed E-state index contributed by atoms with van der Waals surface area (Å²) in [5.41, 5.74) is 1.27. The summed E-state index contributed by atoms with van der Waals surface area (Å²) in [5.74, 6) is -0.430. The molecule has 0 unspecified atom stereocenters. The van der Waals surface area contributed by atoms with Crippen LogP contribution in [0.3, 0.4) is 0 Å². The molecule has 1 aromatic heterocycles. The van der Waals surface area contributed by atoms with Crippen LogP contribution in [0.25, 0.3) is 10.9 Å². The Morgan fingerprint density at radius 3 is 2.50 bits per heavy atom. The normalized spacial score (nSPS) is 11.3. The Labute approximate surface area is 151 Å². The van der Waals surface area contributed by atoms with Crippen molar-refractivity contribution in [1.29, 1.82) is 0 Å². The molecule has 0 amide bonds. The fourth-order valence-electron chi connectivity index (χ4n) is 2.42. The first-order chi connectivity index (χ1) is 12.3. The molecule has 3 aromatic rings. The second-order valence-corrected chi connectivity index (χ2v) is 6.87. The molecule has 6 heteroatoms. The summed E-state index contributed by atoms with van der Waals surface area (Å²) in [6.45, 7) is 5.57. The van der Waals surface area contributed by atoms with E-state index < -0.39 is 17.7 Å². The topological polar surface area (TPSA) is 70.4 Å². The number of nitrogens with zero attached hydrogens (tertiary/aromatic N) is 2. The van der Waals surface area contributed by atoms with Crippen molar-refractivity contribution in [2.75, 3.05) is 0 Å². The van der Waals surface area contributed by atoms with Crippen LogP contribution in [-0.2, 0) is 16.1 Å². The maximum absolute atomic E-state index is 12.2. The highest BCUT2D eigenvalue weighted by molar-refractivity contribution is 5.96. The van der Waals surface area contributed by atoms with E-state index in [1.807, 2.05) is 30.3 Å². The second kappa shape index (κ2) is 7.00. The lowest BCUT2D eigenvalue weighted by atomic mass is 10.1. The first-order valence-corrected chi connectivity index (χ1v) is 8.26. The molecule has 0 bridgehead atoms. The number of benzene rings is 2. The third kappa shape index (κ3) is 4.08. The van der Waals surface area contributed by atoms with Crippen molar-refractivity contribution >= 4 is 23.0 Å². The van der Waals surface area contributed by atoms with E-state index >= 15 is 0 Å². The molecule has 26 heavy (non-hydrogen) atoms. The molecule has 0 aliphatic rings. The summed E-state index contributed by atoms with van der Waals surface area (Å²) in [6, 6.07) is 14.4. The van der Waals surface area contributed by atoms with E-state index in [1.54, 1.807) is 39.0 Å². The SMILES string of the molecule is CC(C)(C)OC(=O)n1ncc2cc(C(=O)OCc3ccccc3)ccc21. The van der Waals surface area contributed by atoms with Crippen molar-refractivity contribution in [3.05, 3.63) is 65.9 Å². The number of aromatic nitrogens is 2. The molecule has 0 aliphatic heterocycles. The van der Waals surface area contributed by atoms with Gasteiger partial charge in [-0.1, -0.05) is 30.3 Å². The highest BCUT2D eigenvalue weighted by Gasteiger charge is 2.20. The van der Waals surface area contributed by atoms with Crippen LogP contribution in [-0.4, -0.2) is 27.4 Å². The number of ether oxygens (including phenoxy) is 2. The highest BCUT2D eigenvalue weighted by Crippen LogP contribution is 2.19. The van der Waals surface area contributed by atoms with Gasteiger partial charge in [0.2, 0.25) is 0 Å². The largest absolute Gasteiger partial charge is 0.457 e. The van der Waals surface area contributed by atoms with Crippen LogP contribution in [0.5, 0.6) is 0 Å². The van der Waals surface area contributed by atoms with Crippen molar-refractivity contribution in [1.82, 2.24) is 9.78 Å². The molecule has 6 nitrogen and oxygen atoms in total. The lowest BCUT2D eigenvalue weighted by molar-refractivity contribution is 0.0471. The average molecular weight is 352 g/mol. The summed E-state index contributed by atoms with van der Waals surface area (Å²) in [5, 5.41) is 4.72. The van der Waals surface area contributed by atoms with Crippen molar-refractivity contribution in [2.24, 2.45) is 0 Å². The zero-order valence-electron chi connectivity index (χ0n) is 14.9. The third-order valence-corrected chi connectivity index (χ3v) is 3.58. The zero-order valence-corrected chi connectivity index (χ0v) is 14.9. The minimum atomic E-state index is -0.615. The smallest absolute Gasteiger partial charge is 0.435 e. The quantitative estimate of drug-likeness (QED) is 0.662. The molecule has 0 fully saturated rings. The Morgan fingerprint density at radius 2 is 1.81 bits per heavy atom. The van der Waals surface area contributed by atoms with Gasteiger partial charge in [-0.15, -0.1) is 0 Å². The number of carbonyl (C=O) groups is 2. The predicted octanol–water partition coefficient (Wildman–Crippen LogP) is 4.18. The van der Waals surface area contributed by atoms with Gasteiger partial charge in [0, 0.05) is 5.39 Å². The van der Waals surface area contributed by atoms with Crippen LogP contribution < -0.4 is 0 Å². The fraction of sp³-hybridized carbons (Fsp3) is 0.250. The van der Waals surface area contributed by atoms with E-state index in [-0.39, 0.29) is 6.61 Å². The number of esters is 1. The van der Waals surface area contributed by atoms with Crippen LogP contribution in [0, 0.1) is 0 Å². The van der Waals surface area contributed by atoms with Gasteiger partial charge in [-0.25, -0.2) is 9.59 Å². The van der Waals surface area contributed by atoms with Gasteiger partial charge in [0.15, 0.2) is 0 Å². The monoisotopic (exact) mass is 352 g/mol. The summed E-state index contributed by atoms with van der Waals surface area (Å²) < 4.78 is 11.8. The standard InChI is InChI=1S/C20H20N2O4/c1-20(2,3)26-19(24)22-17-10-9-15(11-16(17)12-21-22)18(23)25-13-14-7-5-4-6-8-14/h4-12H,13H2,1-3H3. The Bertz CT molecular complexity index is 939. The maximum Gasteiger partial charge on any atom is 0.435 e. The molecular weight excluding hydrogens is 332 g/mol. The molecule has 0 spiro atoms. The van der Waals surface area contributed by atoms with Gasteiger partial charge in [0.25, 0.3) is 0 Å². The molecule has 3 rings (SSSR count). The van der Waals surface area contributed by atoms with E-state index in [2.05, 4.69) is 5.10 Å². The van der Waals surface area contributed by atoms with Crippen LogP contribution in [0.4, 0.5) is 4.79 Å². The van der Waals surface area contributed by atoms with Gasteiger partial charge in [-0.05, 0) is 44.5 Å². The second-order valence-electron chi connectivity index (χ2n) is 6.87. The Hall–Kier alpha value is -3.15.